The van der Waals surface area contributed by atoms with Crippen molar-refractivity contribution < 1.29 is 8.42 Å². The molecule has 0 bridgehead atoms. The van der Waals surface area contributed by atoms with Gasteiger partial charge in [-0.25, -0.2) is 8.42 Å². The zero-order chi connectivity index (χ0) is 13.7. The monoisotopic (exact) mass is 281 g/mol. The van der Waals surface area contributed by atoms with Crippen molar-refractivity contribution in [2.75, 3.05) is 13.1 Å². The van der Waals surface area contributed by atoms with Gasteiger partial charge >= 0.3 is 0 Å². The van der Waals surface area contributed by atoms with E-state index >= 15 is 0 Å². The molecule has 1 fully saturated rings. The van der Waals surface area contributed by atoms with E-state index in [4.69, 9.17) is 0 Å². The van der Waals surface area contributed by atoms with Gasteiger partial charge in [-0.15, -0.1) is 0 Å². The molecule has 1 aromatic carbocycles. The van der Waals surface area contributed by atoms with Crippen molar-refractivity contribution in [1.82, 2.24) is 4.31 Å². The van der Waals surface area contributed by atoms with Gasteiger partial charge in [0.1, 0.15) is 0 Å². The number of rotatable bonds is 2. The van der Waals surface area contributed by atoms with Crippen molar-refractivity contribution in [1.29, 1.82) is 0 Å². The molecule has 0 radical (unpaired) electrons. The average molecular weight is 281 g/mol. The van der Waals surface area contributed by atoms with Crippen LogP contribution in [0.2, 0.25) is 0 Å². The van der Waals surface area contributed by atoms with Gasteiger partial charge in [0, 0.05) is 13.1 Å². The lowest BCUT2D eigenvalue weighted by molar-refractivity contribution is 0.401. The van der Waals surface area contributed by atoms with E-state index in [1.807, 2.05) is 19.1 Å². The molecule has 1 aliphatic heterocycles. The van der Waals surface area contributed by atoms with Crippen LogP contribution in [0.25, 0.3) is 0 Å². The van der Waals surface area contributed by atoms with Crippen LogP contribution in [0.5, 0.6) is 0 Å². The molecule has 0 N–H and O–H groups in total. The first-order valence-corrected chi connectivity index (χ1v) is 8.61. The van der Waals surface area contributed by atoms with Crippen LogP contribution >= 0.6 is 0 Å². The zero-order valence-electron chi connectivity index (χ0n) is 11.6. The molecule has 3 nitrogen and oxygen atoms in total. The molecule has 1 aromatic rings. The molecule has 19 heavy (non-hydrogen) atoms. The number of hydrogen-bond acceptors (Lipinski definition) is 2. The second kappa shape index (κ2) is 6.53. The normalized spacial score (nSPS) is 19.4. The van der Waals surface area contributed by atoms with E-state index < -0.39 is 10.0 Å². The highest BCUT2D eigenvalue weighted by Crippen LogP contribution is 2.20. The van der Waals surface area contributed by atoms with Crippen LogP contribution in [-0.2, 0) is 10.0 Å². The van der Waals surface area contributed by atoms with Crippen molar-refractivity contribution in [3.05, 3.63) is 29.8 Å². The summed E-state index contributed by atoms with van der Waals surface area (Å²) in [6.45, 7) is 3.29. The molecule has 0 aromatic heterocycles. The Bertz CT molecular complexity index is 483. The number of sulfonamides is 1. The van der Waals surface area contributed by atoms with Gasteiger partial charge in [-0.05, 0) is 31.9 Å². The molecular weight excluding hydrogens is 258 g/mol. The van der Waals surface area contributed by atoms with Crippen LogP contribution in [0.3, 0.4) is 0 Å². The summed E-state index contributed by atoms with van der Waals surface area (Å²) >= 11 is 0. The first-order valence-electron chi connectivity index (χ1n) is 7.17. The van der Waals surface area contributed by atoms with Crippen LogP contribution in [0.1, 0.15) is 44.1 Å². The molecule has 0 saturated carbocycles. The molecule has 0 spiro atoms. The molecule has 0 atom stereocenters. The van der Waals surface area contributed by atoms with Gasteiger partial charge in [0.25, 0.3) is 0 Å². The molecule has 106 valence electrons. The lowest BCUT2D eigenvalue weighted by Crippen LogP contribution is -2.32. The minimum Gasteiger partial charge on any atom is -0.207 e. The zero-order valence-corrected chi connectivity index (χ0v) is 12.5. The summed E-state index contributed by atoms with van der Waals surface area (Å²) in [5.41, 5.74) is 1.09. The van der Waals surface area contributed by atoms with E-state index in [1.54, 1.807) is 16.4 Å². The van der Waals surface area contributed by atoms with E-state index in [9.17, 15) is 8.42 Å². The topological polar surface area (TPSA) is 37.4 Å². The van der Waals surface area contributed by atoms with Crippen LogP contribution in [0, 0.1) is 6.92 Å². The summed E-state index contributed by atoms with van der Waals surface area (Å²) < 4.78 is 26.9. The van der Waals surface area contributed by atoms with Crippen LogP contribution in [0.15, 0.2) is 29.2 Å². The van der Waals surface area contributed by atoms with Crippen molar-refractivity contribution in [2.45, 2.75) is 50.3 Å². The molecule has 1 heterocycles. The second-order valence-electron chi connectivity index (χ2n) is 5.34. The highest BCUT2D eigenvalue weighted by molar-refractivity contribution is 7.89. The van der Waals surface area contributed by atoms with Gasteiger partial charge in [-0.1, -0.05) is 43.4 Å². The predicted molar refractivity (Wildman–Crippen MR) is 77.6 cm³/mol. The van der Waals surface area contributed by atoms with Gasteiger partial charge in [-0.3, -0.25) is 0 Å². The Morgan fingerprint density at radius 2 is 1.32 bits per heavy atom. The first-order chi connectivity index (χ1) is 9.10. The van der Waals surface area contributed by atoms with E-state index in [0.717, 1.165) is 31.2 Å². The fraction of sp³-hybridized carbons (Fsp3) is 0.600. The molecule has 0 aliphatic carbocycles. The Balaban J connectivity index is 2.18. The highest BCUT2D eigenvalue weighted by Gasteiger charge is 2.23. The lowest BCUT2D eigenvalue weighted by atomic mass is 10.1. The minimum absolute atomic E-state index is 0.428. The minimum atomic E-state index is -3.30. The molecular formula is C15H23NO2S. The highest BCUT2D eigenvalue weighted by atomic mass is 32.2. The van der Waals surface area contributed by atoms with E-state index in [1.165, 1.54) is 12.8 Å². The van der Waals surface area contributed by atoms with Gasteiger partial charge in [0.05, 0.1) is 4.90 Å². The Kier molecular flexibility index (Phi) is 4.99. The van der Waals surface area contributed by atoms with E-state index in [-0.39, 0.29) is 0 Å². The van der Waals surface area contributed by atoms with Gasteiger partial charge < -0.3 is 0 Å². The quantitative estimate of drug-likeness (QED) is 0.833. The number of hydrogen-bond donors (Lipinski definition) is 0. The summed E-state index contributed by atoms with van der Waals surface area (Å²) in [6.07, 6.45) is 6.70. The van der Waals surface area contributed by atoms with Crippen molar-refractivity contribution in [2.24, 2.45) is 0 Å². The maximum absolute atomic E-state index is 12.6. The van der Waals surface area contributed by atoms with Crippen molar-refractivity contribution in [3.8, 4) is 0 Å². The van der Waals surface area contributed by atoms with E-state index in [2.05, 4.69) is 0 Å². The molecule has 2 rings (SSSR count). The van der Waals surface area contributed by atoms with Crippen LogP contribution in [-0.4, -0.2) is 25.8 Å². The number of benzene rings is 1. The van der Waals surface area contributed by atoms with Crippen molar-refractivity contribution in [3.63, 3.8) is 0 Å². The number of nitrogens with zero attached hydrogens (tertiary/aromatic N) is 1. The molecule has 1 saturated heterocycles. The summed E-state index contributed by atoms with van der Waals surface area (Å²) in [6, 6.07) is 7.17. The van der Waals surface area contributed by atoms with Gasteiger partial charge in [0.15, 0.2) is 0 Å². The fourth-order valence-corrected chi connectivity index (χ4v) is 4.01. The Morgan fingerprint density at radius 1 is 0.842 bits per heavy atom. The number of aryl methyl sites for hydroxylation is 1. The largest absolute Gasteiger partial charge is 0.243 e. The fourth-order valence-electron chi connectivity index (χ4n) is 2.49. The smallest absolute Gasteiger partial charge is 0.207 e. The first kappa shape index (κ1) is 14.5. The standard InChI is InChI=1S/C15H23NO2S/c1-14-8-10-15(11-9-14)19(17,18)16-12-6-4-2-3-5-7-13-16/h8-11H,2-7,12-13H2,1H3. The molecule has 1 aliphatic rings. The average Bonchev–Trinajstić information content (AvgIpc) is 2.52. The molecule has 4 heteroatoms. The Hall–Kier alpha value is -0.870. The summed E-state index contributed by atoms with van der Waals surface area (Å²) in [7, 11) is -3.30. The Labute approximate surface area is 116 Å². The maximum Gasteiger partial charge on any atom is 0.243 e. The third-order valence-corrected chi connectivity index (χ3v) is 5.64. The van der Waals surface area contributed by atoms with Crippen LogP contribution < -0.4 is 0 Å². The van der Waals surface area contributed by atoms with E-state index in [0.29, 0.717) is 18.0 Å². The third kappa shape index (κ3) is 3.80. The summed E-state index contributed by atoms with van der Waals surface area (Å²) in [5, 5.41) is 0. The second-order valence-corrected chi connectivity index (χ2v) is 7.28. The SMILES string of the molecule is Cc1ccc(S(=O)(=O)N2CCCCCCCC2)cc1. The lowest BCUT2D eigenvalue weighted by Gasteiger charge is -2.21. The van der Waals surface area contributed by atoms with Gasteiger partial charge in [0.2, 0.25) is 10.0 Å². The summed E-state index contributed by atoms with van der Waals surface area (Å²) in [5.74, 6) is 0. The predicted octanol–water partition coefficient (Wildman–Crippen LogP) is 3.34. The summed E-state index contributed by atoms with van der Waals surface area (Å²) in [4.78, 5) is 0.428. The maximum atomic E-state index is 12.6. The Morgan fingerprint density at radius 3 is 1.84 bits per heavy atom. The third-order valence-electron chi connectivity index (χ3n) is 3.72. The molecule has 0 unspecified atom stereocenters. The van der Waals surface area contributed by atoms with Crippen molar-refractivity contribution >= 4 is 10.0 Å². The van der Waals surface area contributed by atoms with Gasteiger partial charge in [-0.2, -0.15) is 4.31 Å². The van der Waals surface area contributed by atoms with Crippen LogP contribution in [0.4, 0.5) is 0 Å². The molecule has 0 amide bonds.